The van der Waals surface area contributed by atoms with Gasteiger partial charge >= 0.3 is 0 Å². The van der Waals surface area contributed by atoms with E-state index in [1.165, 1.54) is 17.0 Å². The van der Waals surface area contributed by atoms with Crippen molar-refractivity contribution in [3.63, 3.8) is 0 Å². The van der Waals surface area contributed by atoms with Crippen LogP contribution in [0.15, 0.2) is 29.2 Å². The Morgan fingerprint density at radius 2 is 2.13 bits per heavy atom. The van der Waals surface area contributed by atoms with Gasteiger partial charge in [0.2, 0.25) is 10.0 Å². The molecule has 2 N–H and O–H groups in total. The molecule has 0 saturated carbocycles. The van der Waals surface area contributed by atoms with Crippen LogP contribution in [-0.2, 0) is 10.0 Å². The van der Waals surface area contributed by atoms with Crippen LogP contribution in [-0.4, -0.2) is 53.0 Å². The van der Waals surface area contributed by atoms with Gasteiger partial charge in [0, 0.05) is 26.2 Å². The van der Waals surface area contributed by atoms with Gasteiger partial charge in [0.1, 0.15) is 0 Å². The van der Waals surface area contributed by atoms with Crippen LogP contribution in [0, 0.1) is 5.92 Å². The van der Waals surface area contributed by atoms with Crippen LogP contribution in [0.3, 0.4) is 0 Å². The van der Waals surface area contributed by atoms with E-state index in [0.29, 0.717) is 18.0 Å². The Balaban J connectivity index is 0.00000264. The summed E-state index contributed by atoms with van der Waals surface area (Å²) >= 11 is 0. The standard InChI is InChI=1S/C15H23N3O3S.ClH/c1-18(2)15(19)13-4-3-5-14(10-13)22(20,21)17-9-7-12-6-8-16-11-12;/h3-5,10,12,16-17H,6-9,11H2,1-2H3;1H. The van der Waals surface area contributed by atoms with Gasteiger partial charge in [-0.05, 0) is 50.0 Å². The normalized spacial score (nSPS) is 17.6. The summed E-state index contributed by atoms with van der Waals surface area (Å²) in [6, 6.07) is 6.13. The number of nitrogens with zero attached hydrogens (tertiary/aromatic N) is 1. The summed E-state index contributed by atoms with van der Waals surface area (Å²) in [6.45, 7) is 2.38. The van der Waals surface area contributed by atoms with Crippen molar-refractivity contribution in [1.29, 1.82) is 0 Å². The summed E-state index contributed by atoms with van der Waals surface area (Å²) in [4.78, 5) is 13.5. The molecule has 1 heterocycles. The molecule has 2 rings (SSSR count). The van der Waals surface area contributed by atoms with Crippen molar-refractivity contribution < 1.29 is 13.2 Å². The van der Waals surface area contributed by atoms with Crippen molar-refractivity contribution in [1.82, 2.24) is 14.9 Å². The minimum Gasteiger partial charge on any atom is -0.345 e. The zero-order valence-electron chi connectivity index (χ0n) is 13.4. The molecule has 1 amide bonds. The summed E-state index contributed by atoms with van der Waals surface area (Å²) in [5, 5.41) is 3.26. The number of nitrogens with one attached hydrogen (secondary N) is 2. The largest absolute Gasteiger partial charge is 0.345 e. The monoisotopic (exact) mass is 361 g/mol. The first-order valence-corrected chi connectivity index (χ1v) is 8.90. The fourth-order valence-corrected chi connectivity index (χ4v) is 3.59. The van der Waals surface area contributed by atoms with Crippen molar-refractivity contribution in [3.05, 3.63) is 29.8 Å². The lowest BCUT2D eigenvalue weighted by molar-refractivity contribution is 0.0827. The van der Waals surface area contributed by atoms with E-state index in [1.807, 2.05) is 0 Å². The van der Waals surface area contributed by atoms with E-state index < -0.39 is 10.0 Å². The number of amides is 1. The number of halogens is 1. The molecule has 0 bridgehead atoms. The van der Waals surface area contributed by atoms with Crippen LogP contribution < -0.4 is 10.0 Å². The van der Waals surface area contributed by atoms with Gasteiger partial charge in [-0.15, -0.1) is 12.4 Å². The molecule has 1 aliphatic heterocycles. The van der Waals surface area contributed by atoms with Gasteiger partial charge in [0.15, 0.2) is 0 Å². The zero-order chi connectivity index (χ0) is 16.2. The van der Waals surface area contributed by atoms with E-state index >= 15 is 0 Å². The molecule has 1 aromatic carbocycles. The lowest BCUT2D eigenvalue weighted by atomic mass is 10.1. The summed E-state index contributed by atoms with van der Waals surface area (Å²) in [6.07, 6.45) is 1.91. The van der Waals surface area contributed by atoms with E-state index in [9.17, 15) is 13.2 Å². The molecular formula is C15H24ClN3O3S. The number of carbonyl (C=O) groups excluding carboxylic acids is 1. The average molecular weight is 362 g/mol. The number of hydrogen-bond acceptors (Lipinski definition) is 4. The zero-order valence-corrected chi connectivity index (χ0v) is 15.0. The third-order valence-electron chi connectivity index (χ3n) is 3.80. The van der Waals surface area contributed by atoms with Crippen LogP contribution in [0.4, 0.5) is 0 Å². The highest BCUT2D eigenvalue weighted by molar-refractivity contribution is 7.89. The Morgan fingerprint density at radius 1 is 1.39 bits per heavy atom. The predicted octanol–water partition coefficient (Wildman–Crippen LogP) is 1.09. The quantitative estimate of drug-likeness (QED) is 0.795. The molecular weight excluding hydrogens is 338 g/mol. The predicted molar refractivity (Wildman–Crippen MR) is 92.5 cm³/mol. The fourth-order valence-electron chi connectivity index (χ4n) is 2.50. The maximum Gasteiger partial charge on any atom is 0.253 e. The van der Waals surface area contributed by atoms with Gasteiger partial charge in [0.25, 0.3) is 5.91 Å². The molecule has 1 atom stereocenters. The number of benzene rings is 1. The van der Waals surface area contributed by atoms with Crippen molar-refractivity contribution >= 4 is 28.3 Å². The topological polar surface area (TPSA) is 78.5 Å². The molecule has 0 spiro atoms. The number of hydrogen-bond donors (Lipinski definition) is 2. The van der Waals surface area contributed by atoms with E-state index in [4.69, 9.17) is 0 Å². The van der Waals surface area contributed by atoms with Gasteiger partial charge in [0.05, 0.1) is 4.90 Å². The molecule has 130 valence electrons. The molecule has 0 aromatic heterocycles. The lowest BCUT2D eigenvalue weighted by Gasteiger charge is -2.12. The summed E-state index contributed by atoms with van der Waals surface area (Å²) in [5.41, 5.74) is 0.368. The number of carbonyl (C=O) groups is 1. The summed E-state index contributed by atoms with van der Waals surface area (Å²) in [5.74, 6) is 0.318. The Bertz CT molecular complexity index is 629. The highest BCUT2D eigenvalue weighted by Crippen LogP contribution is 2.14. The van der Waals surface area contributed by atoms with Crippen molar-refractivity contribution in [2.24, 2.45) is 5.92 Å². The summed E-state index contributed by atoms with van der Waals surface area (Å²) < 4.78 is 27.2. The van der Waals surface area contributed by atoms with E-state index in [-0.39, 0.29) is 23.2 Å². The molecule has 8 heteroatoms. The Labute approximate surface area is 144 Å². The van der Waals surface area contributed by atoms with Crippen molar-refractivity contribution in [2.45, 2.75) is 17.7 Å². The fraction of sp³-hybridized carbons (Fsp3) is 0.533. The second-order valence-electron chi connectivity index (χ2n) is 5.77. The molecule has 23 heavy (non-hydrogen) atoms. The summed E-state index contributed by atoms with van der Waals surface area (Å²) in [7, 11) is -0.302. The first kappa shape index (κ1) is 19.9. The molecule has 1 fully saturated rings. The van der Waals surface area contributed by atoms with E-state index in [2.05, 4.69) is 10.0 Å². The smallest absolute Gasteiger partial charge is 0.253 e. The SMILES string of the molecule is CN(C)C(=O)c1cccc(S(=O)(=O)NCCC2CCNC2)c1.Cl. The number of sulfonamides is 1. The Morgan fingerprint density at radius 3 is 2.74 bits per heavy atom. The van der Waals surface area contributed by atoms with Crippen LogP contribution in [0.5, 0.6) is 0 Å². The second kappa shape index (κ2) is 8.63. The van der Waals surface area contributed by atoms with Crippen molar-refractivity contribution in [3.8, 4) is 0 Å². The second-order valence-corrected chi connectivity index (χ2v) is 7.54. The maximum atomic E-state index is 12.3. The molecule has 0 radical (unpaired) electrons. The average Bonchev–Trinajstić information content (AvgIpc) is 2.99. The van der Waals surface area contributed by atoms with Crippen LogP contribution >= 0.6 is 12.4 Å². The molecule has 1 unspecified atom stereocenters. The molecule has 1 saturated heterocycles. The van der Waals surface area contributed by atoms with Crippen LogP contribution in [0.1, 0.15) is 23.2 Å². The van der Waals surface area contributed by atoms with Gasteiger partial charge in [-0.1, -0.05) is 6.07 Å². The first-order valence-electron chi connectivity index (χ1n) is 7.42. The van der Waals surface area contributed by atoms with Gasteiger partial charge < -0.3 is 10.2 Å². The molecule has 0 aliphatic carbocycles. The van der Waals surface area contributed by atoms with Gasteiger partial charge in [-0.25, -0.2) is 13.1 Å². The van der Waals surface area contributed by atoms with Crippen molar-refractivity contribution in [2.75, 3.05) is 33.7 Å². The van der Waals surface area contributed by atoms with Gasteiger partial charge in [-0.2, -0.15) is 0 Å². The molecule has 1 aliphatic rings. The highest BCUT2D eigenvalue weighted by Gasteiger charge is 2.19. The third kappa shape index (κ3) is 5.46. The minimum atomic E-state index is -3.57. The highest BCUT2D eigenvalue weighted by atomic mass is 35.5. The van der Waals surface area contributed by atoms with Crippen LogP contribution in [0.2, 0.25) is 0 Å². The minimum absolute atomic E-state index is 0. The lowest BCUT2D eigenvalue weighted by Crippen LogP contribution is -2.27. The van der Waals surface area contributed by atoms with Gasteiger partial charge in [-0.3, -0.25) is 4.79 Å². The van der Waals surface area contributed by atoms with E-state index in [1.54, 1.807) is 26.2 Å². The van der Waals surface area contributed by atoms with E-state index in [0.717, 1.165) is 25.9 Å². The van der Waals surface area contributed by atoms with Crippen LogP contribution in [0.25, 0.3) is 0 Å². The molecule has 1 aromatic rings. The Kier molecular flexibility index (Phi) is 7.47. The molecule has 6 nitrogen and oxygen atoms in total. The Hall–Kier alpha value is -1.15. The maximum absolute atomic E-state index is 12.3. The first-order chi connectivity index (χ1) is 10.4. The third-order valence-corrected chi connectivity index (χ3v) is 5.26. The number of rotatable bonds is 6.